The summed E-state index contributed by atoms with van der Waals surface area (Å²) in [6.45, 7) is 5.85. The first-order chi connectivity index (χ1) is 13.0. The third kappa shape index (κ3) is 5.92. The molecule has 0 fully saturated rings. The van der Waals surface area contributed by atoms with E-state index >= 15 is 0 Å². The van der Waals surface area contributed by atoms with E-state index in [9.17, 15) is 9.90 Å². The van der Waals surface area contributed by atoms with Crippen molar-refractivity contribution in [3.05, 3.63) is 78.9 Å². The number of phenols is 1. The number of hydrogen-bond donors (Lipinski definition) is 1. The summed E-state index contributed by atoms with van der Waals surface area (Å²) in [6, 6.07) is 14.3. The quantitative estimate of drug-likeness (QED) is 0.407. The Balaban J connectivity index is 2.35. The molecule has 1 N–H and O–H groups in total. The maximum atomic E-state index is 11.6. The van der Waals surface area contributed by atoms with Gasteiger partial charge in [-0.25, -0.2) is 4.79 Å². The molecule has 0 aliphatic carbocycles. The summed E-state index contributed by atoms with van der Waals surface area (Å²) in [5, 5.41) is 10.4. The van der Waals surface area contributed by atoms with Crippen molar-refractivity contribution in [3.8, 4) is 17.2 Å². The number of methoxy groups -OCH3 is 1. The minimum Gasteiger partial charge on any atom is -0.508 e. The molecule has 0 saturated heterocycles. The number of esters is 1. The molecule has 5 nitrogen and oxygen atoms in total. The van der Waals surface area contributed by atoms with E-state index in [0.717, 1.165) is 0 Å². The van der Waals surface area contributed by atoms with Crippen LogP contribution in [-0.4, -0.2) is 30.9 Å². The van der Waals surface area contributed by atoms with E-state index in [2.05, 4.69) is 11.3 Å². The minimum atomic E-state index is -0.481. The Labute approximate surface area is 159 Å². The summed E-state index contributed by atoms with van der Waals surface area (Å²) in [5.41, 5.74) is 0.583. The van der Waals surface area contributed by atoms with E-state index in [4.69, 9.17) is 9.47 Å². The molecule has 0 bridgehead atoms. The Morgan fingerprint density at radius 2 is 1.93 bits per heavy atom. The lowest BCUT2D eigenvalue weighted by molar-refractivity contribution is -0.134. The predicted molar refractivity (Wildman–Crippen MR) is 104 cm³/mol. The average molecular weight is 368 g/mol. The van der Waals surface area contributed by atoms with Crippen LogP contribution in [0.2, 0.25) is 0 Å². The fourth-order valence-corrected chi connectivity index (χ4v) is 2.59. The van der Waals surface area contributed by atoms with E-state index in [0.29, 0.717) is 23.7 Å². The van der Waals surface area contributed by atoms with Gasteiger partial charge in [0.2, 0.25) is 0 Å². The molecule has 0 spiro atoms. The van der Waals surface area contributed by atoms with Crippen molar-refractivity contribution in [1.82, 2.24) is 0 Å². The lowest BCUT2D eigenvalue weighted by atomic mass is 9.92. The van der Waals surface area contributed by atoms with Gasteiger partial charge in [0.1, 0.15) is 30.0 Å². The van der Waals surface area contributed by atoms with Crippen molar-refractivity contribution in [1.29, 1.82) is 0 Å². The highest BCUT2D eigenvalue weighted by atomic mass is 16.5. The number of hydrogen-bond acceptors (Lipinski definition) is 5. The number of benzene rings is 2. The minimum absolute atomic E-state index is 0.0870. The predicted octanol–water partition coefficient (Wildman–Crippen LogP) is 4.24. The Morgan fingerprint density at radius 3 is 2.59 bits per heavy atom. The topological polar surface area (TPSA) is 65.0 Å². The van der Waals surface area contributed by atoms with Gasteiger partial charge in [-0.2, -0.15) is 0 Å². The van der Waals surface area contributed by atoms with E-state index in [1.165, 1.54) is 13.2 Å². The third-order valence-corrected chi connectivity index (χ3v) is 3.94. The van der Waals surface area contributed by atoms with Gasteiger partial charge in [0.25, 0.3) is 0 Å². The van der Waals surface area contributed by atoms with Crippen LogP contribution in [0.4, 0.5) is 0 Å². The monoisotopic (exact) mass is 368 g/mol. The van der Waals surface area contributed by atoms with E-state index in [1.807, 2.05) is 37.3 Å². The number of rotatable bonds is 9. The number of carbonyl (C=O) groups is 1. The second-order valence-corrected chi connectivity index (χ2v) is 5.86. The van der Waals surface area contributed by atoms with Gasteiger partial charge in [0, 0.05) is 17.6 Å². The van der Waals surface area contributed by atoms with Crippen LogP contribution >= 0.6 is 0 Å². The maximum Gasteiger partial charge on any atom is 0.330 e. The zero-order chi connectivity index (χ0) is 19.6. The first kappa shape index (κ1) is 20.1. The van der Waals surface area contributed by atoms with Gasteiger partial charge in [0.05, 0.1) is 7.11 Å². The van der Waals surface area contributed by atoms with Crippen LogP contribution in [0.3, 0.4) is 0 Å². The molecule has 0 radical (unpaired) electrons. The maximum absolute atomic E-state index is 11.6. The summed E-state index contributed by atoms with van der Waals surface area (Å²) in [6.07, 6.45) is 4.26. The summed E-state index contributed by atoms with van der Waals surface area (Å²) in [7, 11) is 1.31. The van der Waals surface area contributed by atoms with Crippen LogP contribution in [0.1, 0.15) is 18.4 Å². The lowest BCUT2D eigenvalue weighted by Gasteiger charge is -2.24. The SMILES string of the molecule is C=CCOc1ccc(O)c(C(C=CC(=O)OC)C(C)Oc2ccccc2)c1. The van der Waals surface area contributed by atoms with Gasteiger partial charge in [-0.15, -0.1) is 0 Å². The molecule has 0 heterocycles. The standard InChI is InChI=1S/C22H24O5/c1-4-14-26-18-10-12-21(23)20(15-18)19(11-13-22(24)25-3)16(2)27-17-8-6-5-7-9-17/h4-13,15-16,19,23H,1,14H2,2-3H3. The number of para-hydroxylation sites is 1. The van der Waals surface area contributed by atoms with Gasteiger partial charge in [0.15, 0.2) is 0 Å². The number of aromatic hydroxyl groups is 1. The zero-order valence-corrected chi connectivity index (χ0v) is 15.5. The molecule has 2 atom stereocenters. The third-order valence-electron chi connectivity index (χ3n) is 3.94. The highest BCUT2D eigenvalue weighted by molar-refractivity contribution is 5.82. The van der Waals surface area contributed by atoms with Crippen LogP contribution in [0.5, 0.6) is 17.2 Å². The zero-order valence-electron chi connectivity index (χ0n) is 15.5. The first-order valence-electron chi connectivity index (χ1n) is 8.59. The highest BCUT2D eigenvalue weighted by Crippen LogP contribution is 2.34. The molecule has 27 heavy (non-hydrogen) atoms. The second-order valence-electron chi connectivity index (χ2n) is 5.86. The Bertz CT molecular complexity index is 783. The lowest BCUT2D eigenvalue weighted by Crippen LogP contribution is -2.21. The Kier molecular flexibility index (Phi) is 7.49. The van der Waals surface area contributed by atoms with Gasteiger partial charge >= 0.3 is 5.97 Å². The van der Waals surface area contributed by atoms with Gasteiger partial charge in [-0.1, -0.05) is 36.9 Å². The van der Waals surface area contributed by atoms with Crippen LogP contribution in [0.25, 0.3) is 0 Å². The van der Waals surface area contributed by atoms with Crippen molar-refractivity contribution in [2.24, 2.45) is 0 Å². The molecule has 142 valence electrons. The smallest absolute Gasteiger partial charge is 0.330 e. The normalized spacial score (nSPS) is 13.0. The van der Waals surface area contributed by atoms with Crippen molar-refractivity contribution >= 4 is 5.97 Å². The molecule has 0 aliphatic heterocycles. The molecule has 2 rings (SSSR count). The second kappa shape index (κ2) is 10.1. The fraction of sp³-hybridized carbons (Fsp3) is 0.227. The first-order valence-corrected chi connectivity index (χ1v) is 8.59. The fourth-order valence-electron chi connectivity index (χ4n) is 2.59. The molecule has 2 aromatic rings. The van der Waals surface area contributed by atoms with Gasteiger partial charge in [-0.05, 0) is 37.3 Å². The van der Waals surface area contributed by atoms with Crippen LogP contribution in [0, 0.1) is 0 Å². The summed E-state index contributed by atoms with van der Waals surface area (Å²) < 4.78 is 16.2. The Hall–Kier alpha value is -3.21. The van der Waals surface area contributed by atoms with E-state index in [-0.39, 0.29) is 11.9 Å². The Morgan fingerprint density at radius 1 is 1.19 bits per heavy atom. The van der Waals surface area contributed by atoms with E-state index < -0.39 is 11.9 Å². The molecular weight excluding hydrogens is 344 g/mol. The van der Waals surface area contributed by atoms with Gasteiger partial charge < -0.3 is 19.3 Å². The van der Waals surface area contributed by atoms with Crippen molar-refractivity contribution < 1.29 is 24.1 Å². The van der Waals surface area contributed by atoms with Crippen LogP contribution in [-0.2, 0) is 9.53 Å². The number of carbonyl (C=O) groups excluding carboxylic acids is 1. The molecule has 2 aromatic carbocycles. The highest BCUT2D eigenvalue weighted by Gasteiger charge is 2.23. The van der Waals surface area contributed by atoms with Crippen LogP contribution in [0.15, 0.2) is 73.3 Å². The summed E-state index contributed by atoms with van der Waals surface area (Å²) in [5.74, 6) is 0.483. The summed E-state index contributed by atoms with van der Waals surface area (Å²) >= 11 is 0. The molecule has 0 aromatic heterocycles. The average Bonchev–Trinajstić information content (AvgIpc) is 2.68. The van der Waals surface area contributed by atoms with Crippen molar-refractivity contribution in [2.45, 2.75) is 18.9 Å². The van der Waals surface area contributed by atoms with Crippen LogP contribution < -0.4 is 9.47 Å². The molecule has 2 unspecified atom stereocenters. The van der Waals surface area contributed by atoms with Crippen molar-refractivity contribution in [3.63, 3.8) is 0 Å². The largest absolute Gasteiger partial charge is 0.508 e. The summed E-state index contributed by atoms with van der Waals surface area (Å²) in [4.78, 5) is 11.6. The van der Waals surface area contributed by atoms with Crippen molar-refractivity contribution in [2.75, 3.05) is 13.7 Å². The molecular formula is C22H24O5. The number of phenolic OH excluding ortho intramolecular Hbond substituents is 1. The van der Waals surface area contributed by atoms with E-state index in [1.54, 1.807) is 30.4 Å². The number of ether oxygens (including phenoxy) is 3. The molecule has 0 amide bonds. The molecule has 5 heteroatoms. The van der Waals surface area contributed by atoms with Gasteiger partial charge in [-0.3, -0.25) is 0 Å². The molecule has 0 saturated carbocycles. The molecule has 0 aliphatic rings.